The Kier molecular flexibility index (Phi) is 5.70. The number of rotatable bonds is 6. The van der Waals surface area contributed by atoms with Gasteiger partial charge < -0.3 is 4.74 Å². The molecule has 188 valence electrons. The lowest BCUT2D eigenvalue weighted by Gasteiger charge is -2.54. The number of unbranched alkanes of at least 4 members (excludes halogenated alkanes) is 2. The maximum atomic E-state index is 14.0. The van der Waals surface area contributed by atoms with Gasteiger partial charge in [0.2, 0.25) is 11.8 Å². The van der Waals surface area contributed by atoms with E-state index in [1.165, 1.54) is 4.90 Å². The Balaban J connectivity index is 1.39. The Hall–Kier alpha value is -3.15. The van der Waals surface area contributed by atoms with Crippen molar-refractivity contribution in [1.29, 1.82) is 0 Å². The average Bonchev–Trinajstić information content (AvgIpc) is 3.20. The van der Waals surface area contributed by atoms with E-state index in [1.54, 1.807) is 24.3 Å². The lowest BCUT2D eigenvalue weighted by molar-refractivity contribution is -0.122. The average molecular weight is 534 g/mol. The molecular formula is C30H25Cl2NO4. The summed E-state index contributed by atoms with van der Waals surface area (Å²) in [6.07, 6.45) is 2.84. The second kappa shape index (κ2) is 8.71. The predicted octanol–water partition coefficient (Wildman–Crippen LogP) is 6.13. The number of esters is 1. The van der Waals surface area contributed by atoms with E-state index in [9.17, 15) is 14.4 Å². The van der Waals surface area contributed by atoms with E-state index in [2.05, 4.69) is 6.92 Å². The lowest BCUT2D eigenvalue weighted by atomic mass is 9.54. The molecule has 7 rings (SSSR count). The minimum absolute atomic E-state index is 0.359. The molecule has 7 heteroatoms. The molecule has 3 aromatic rings. The number of hydrogen-bond acceptors (Lipinski definition) is 4. The van der Waals surface area contributed by atoms with Crippen LogP contribution in [0.1, 0.15) is 58.8 Å². The Bertz CT molecular complexity index is 1310. The van der Waals surface area contributed by atoms with Gasteiger partial charge in [-0.05, 0) is 52.9 Å². The van der Waals surface area contributed by atoms with Crippen molar-refractivity contribution < 1.29 is 19.1 Å². The van der Waals surface area contributed by atoms with E-state index in [0.717, 1.165) is 41.5 Å². The van der Waals surface area contributed by atoms with Crippen molar-refractivity contribution in [2.75, 3.05) is 11.5 Å². The molecule has 1 fully saturated rings. The molecule has 5 nitrogen and oxygen atoms in total. The predicted molar refractivity (Wildman–Crippen MR) is 142 cm³/mol. The molecule has 1 aliphatic heterocycles. The number of halogens is 2. The zero-order valence-corrected chi connectivity index (χ0v) is 21.8. The fraction of sp³-hybridized carbons (Fsp3) is 0.300. The number of hydrogen-bond donors (Lipinski definition) is 0. The van der Waals surface area contributed by atoms with Gasteiger partial charge in [-0.2, -0.15) is 0 Å². The van der Waals surface area contributed by atoms with Crippen molar-refractivity contribution >= 4 is 46.7 Å². The van der Waals surface area contributed by atoms with Crippen molar-refractivity contribution in [3.8, 4) is 0 Å². The molecule has 1 saturated heterocycles. The minimum Gasteiger partial charge on any atom is -0.462 e. The highest BCUT2D eigenvalue weighted by molar-refractivity contribution is 6.38. The van der Waals surface area contributed by atoms with E-state index < -0.39 is 39.4 Å². The second-order valence-electron chi connectivity index (χ2n) is 9.87. The van der Waals surface area contributed by atoms with Gasteiger partial charge in [0.05, 0.1) is 29.7 Å². The van der Waals surface area contributed by atoms with Gasteiger partial charge in [0.1, 0.15) is 9.75 Å². The minimum atomic E-state index is -1.22. The monoisotopic (exact) mass is 533 g/mol. The third kappa shape index (κ3) is 3.20. The van der Waals surface area contributed by atoms with Crippen LogP contribution in [-0.4, -0.2) is 24.4 Å². The van der Waals surface area contributed by atoms with Gasteiger partial charge in [0, 0.05) is 0 Å². The molecule has 0 unspecified atom stereocenters. The van der Waals surface area contributed by atoms with E-state index in [1.807, 2.05) is 48.5 Å². The topological polar surface area (TPSA) is 63.7 Å². The third-order valence-corrected chi connectivity index (χ3v) is 9.21. The van der Waals surface area contributed by atoms with Gasteiger partial charge in [0.25, 0.3) is 0 Å². The van der Waals surface area contributed by atoms with Gasteiger partial charge in [-0.25, -0.2) is 9.69 Å². The summed E-state index contributed by atoms with van der Waals surface area (Å²) in [6, 6.07) is 21.4. The smallest absolute Gasteiger partial charge is 0.338 e. The van der Waals surface area contributed by atoms with Crippen molar-refractivity contribution in [2.24, 2.45) is 11.8 Å². The summed E-state index contributed by atoms with van der Waals surface area (Å²) in [6.45, 7) is 2.44. The zero-order chi connectivity index (χ0) is 25.9. The Morgan fingerprint density at radius 1 is 0.784 bits per heavy atom. The summed E-state index contributed by atoms with van der Waals surface area (Å²) in [4.78, 5) is 39.1. The molecule has 2 bridgehead atoms. The van der Waals surface area contributed by atoms with Gasteiger partial charge >= 0.3 is 5.97 Å². The number of anilines is 1. The van der Waals surface area contributed by atoms with Crippen LogP contribution in [0.25, 0.3) is 0 Å². The highest BCUT2D eigenvalue weighted by atomic mass is 35.5. The van der Waals surface area contributed by atoms with Gasteiger partial charge in [-0.3, -0.25) is 9.59 Å². The van der Waals surface area contributed by atoms with Crippen LogP contribution in [0.5, 0.6) is 0 Å². The van der Waals surface area contributed by atoms with E-state index >= 15 is 0 Å². The first-order valence-corrected chi connectivity index (χ1v) is 13.3. The fourth-order valence-corrected chi connectivity index (χ4v) is 7.37. The number of carbonyl (C=O) groups is 3. The number of carbonyl (C=O) groups excluding carboxylic acids is 3. The molecule has 37 heavy (non-hydrogen) atoms. The maximum Gasteiger partial charge on any atom is 0.338 e. The summed E-state index contributed by atoms with van der Waals surface area (Å²) in [5.41, 5.74) is 3.78. The van der Waals surface area contributed by atoms with Crippen LogP contribution in [-0.2, 0) is 24.1 Å². The van der Waals surface area contributed by atoms with Crippen molar-refractivity contribution in [1.82, 2.24) is 0 Å². The SMILES string of the molecule is CCCCCOC(=O)c1ccc(N2C(=O)[C@H]3[C@H](C2=O)C2(Cl)c4ccccc4C3(Cl)c3ccccc32)cc1. The molecular weight excluding hydrogens is 509 g/mol. The third-order valence-electron chi connectivity index (χ3n) is 7.93. The van der Waals surface area contributed by atoms with Crippen LogP contribution in [0, 0.1) is 11.8 Å². The lowest BCUT2D eigenvalue weighted by Crippen LogP contribution is -2.57. The Labute approximate surface area is 225 Å². The van der Waals surface area contributed by atoms with Gasteiger partial charge in [-0.1, -0.05) is 68.3 Å². The van der Waals surface area contributed by atoms with Crippen LogP contribution in [0.2, 0.25) is 0 Å². The standard InChI is InChI=1S/C30H25Cl2NO4/c1-2-3-8-17-37-28(36)18-13-15-19(16-14-18)33-26(34)24-25(27(33)35)30(32)21-10-5-4-9-20(21)29(24,31)22-11-6-7-12-23(22)30/h4-7,9-16,24-25H,2-3,8,17H2,1H3/t24-,25-,29?,30?/m1/s1. The van der Waals surface area contributed by atoms with Crippen LogP contribution < -0.4 is 4.90 Å². The highest BCUT2D eigenvalue weighted by Crippen LogP contribution is 2.69. The molecule has 0 N–H and O–H groups in total. The van der Waals surface area contributed by atoms with Crippen molar-refractivity contribution in [2.45, 2.75) is 35.9 Å². The molecule has 0 radical (unpaired) electrons. The number of amides is 2. The fourth-order valence-electron chi connectivity index (χ4n) is 6.27. The Morgan fingerprint density at radius 3 is 1.68 bits per heavy atom. The molecule has 3 aromatic carbocycles. The van der Waals surface area contributed by atoms with E-state index in [4.69, 9.17) is 27.9 Å². The molecule has 0 saturated carbocycles. The summed E-state index contributed by atoms with van der Waals surface area (Å²) >= 11 is 14.9. The normalized spacial score (nSPS) is 27.1. The zero-order valence-electron chi connectivity index (χ0n) is 20.2. The molecule has 2 amide bonds. The van der Waals surface area contributed by atoms with Gasteiger partial charge in [0.15, 0.2) is 0 Å². The van der Waals surface area contributed by atoms with E-state index in [0.29, 0.717) is 17.9 Å². The summed E-state index contributed by atoms with van der Waals surface area (Å²) in [5, 5.41) is 0. The molecule has 0 spiro atoms. The van der Waals surface area contributed by atoms with Gasteiger partial charge in [-0.15, -0.1) is 23.2 Å². The molecule has 3 aliphatic carbocycles. The van der Waals surface area contributed by atoms with Crippen LogP contribution in [0.3, 0.4) is 0 Å². The highest BCUT2D eigenvalue weighted by Gasteiger charge is 2.73. The molecule has 4 aliphatic rings. The van der Waals surface area contributed by atoms with Crippen LogP contribution >= 0.6 is 23.2 Å². The summed E-state index contributed by atoms with van der Waals surface area (Å²) < 4.78 is 5.33. The number of ether oxygens (including phenoxy) is 1. The number of alkyl halides is 2. The first kappa shape index (κ1) is 24.2. The number of nitrogens with zero attached hydrogens (tertiary/aromatic N) is 1. The van der Waals surface area contributed by atoms with Crippen molar-refractivity contribution in [3.63, 3.8) is 0 Å². The number of benzene rings is 3. The second-order valence-corrected chi connectivity index (χ2v) is 11.1. The molecule has 2 atom stereocenters. The summed E-state index contributed by atoms with van der Waals surface area (Å²) in [7, 11) is 0. The summed E-state index contributed by atoms with van der Waals surface area (Å²) in [5.74, 6) is -2.96. The Morgan fingerprint density at radius 2 is 1.24 bits per heavy atom. The maximum absolute atomic E-state index is 14.0. The van der Waals surface area contributed by atoms with Crippen molar-refractivity contribution in [3.05, 3.63) is 101 Å². The first-order valence-electron chi connectivity index (χ1n) is 12.6. The quantitative estimate of drug-likeness (QED) is 0.165. The van der Waals surface area contributed by atoms with Crippen LogP contribution in [0.4, 0.5) is 5.69 Å². The molecule has 0 aromatic heterocycles. The largest absolute Gasteiger partial charge is 0.462 e. The van der Waals surface area contributed by atoms with E-state index in [-0.39, 0.29) is 0 Å². The number of imide groups is 1. The van der Waals surface area contributed by atoms with Crippen LogP contribution in [0.15, 0.2) is 72.8 Å². The first-order chi connectivity index (χ1) is 17.8. The molecule has 1 heterocycles.